The Bertz CT molecular complexity index is 1100. The summed E-state index contributed by atoms with van der Waals surface area (Å²) in [4.78, 5) is 7.23. The van der Waals surface area contributed by atoms with Crippen molar-refractivity contribution in [1.29, 1.82) is 0 Å². The smallest absolute Gasteiger partial charge is 0.170 e. The van der Waals surface area contributed by atoms with Gasteiger partial charge in [0.25, 0.3) is 0 Å². The molecule has 5 rings (SSSR count). The number of benzene rings is 1. The fourth-order valence-corrected chi connectivity index (χ4v) is 6.02. The summed E-state index contributed by atoms with van der Waals surface area (Å²) in [6.45, 7) is 6.59. The summed E-state index contributed by atoms with van der Waals surface area (Å²) in [5.74, 6) is 0. The highest BCUT2D eigenvalue weighted by molar-refractivity contribution is 7.80. The lowest BCUT2D eigenvalue weighted by Gasteiger charge is -2.37. The molecule has 0 unspecified atom stereocenters. The molecule has 2 aromatic heterocycles. The van der Waals surface area contributed by atoms with Crippen molar-refractivity contribution in [2.24, 2.45) is 0 Å². The van der Waals surface area contributed by atoms with Crippen LogP contribution in [0.25, 0.3) is 5.69 Å². The molecule has 1 aliphatic heterocycles. The van der Waals surface area contributed by atoms with Gasteiger partial charge in [0.15, 0.2) is 5.11 Å². The lowest BCUT2D eigenvalue weighted by Crippen LogP contribution is -2.40. The third kappa shape index (κ3) is 3.73. The van der Waals surface area contributed by atoms with Gasteiger partial charge in [-0.1, -0.05) is 43.0 Å². The zero-order valence-electron chi connectivity index (χ0n) is 19.2. The number of aryl methyl sites for hydroxylation is 2. The van der Waals surface area contributed by atoms with Crippen LogP contribution in [0.1, 0.15) is 72.4 Å². The average molecular weight is 445 g/mol. The van der Waals surface area contributed by atoms with E-state index in [1.807, 2.05) is 12.3 Å². The molecule has 1 aliphatic carbocycles. The monoisotopic (exact) mass is 444 g/mol. The third-order valence-electron chi connectivity index (χ3n) is 7.18. The van der Waals surface area contributed by atoms with Crippen LogP contribution < -0.4 is 5.32 Å². The summed E-state index contributed by atoms with van der Waals surface area (Å²) in [5.41, 5.74) is 7.42. The Morgan fingerprint density at radius 1 is 0.969 bits per heavy atom. The van der Waals surface area contributed by atoms with Crippen molar-refractivity contribution in [3.8, 4) is 5.69 Å². The van der Waals surface area contributed by atoms with Gasteiger partial charge in [0.05, 0.1) is 17.8 Å². The molecule has 2 aliphatic rings. The zero-order valence-corrected chi connectivity index (χ0v) is 20.0. The number of nitrogens with one attached hydrogen (secondary N) is 1. The summed E-state index contributed by atoms with van der Waals surface area (Å²) in [6, 6.07) is 18.0. The first-order chi connectivity index (χ1) is 15.5. The number of hydrogen-bond donors (Lipinski definition) is 1. The van der Waals surface area contributed by atoms with Crippen LogP contribution in [-0.2, 0) is 0 Å². The summed E-state index contributed by atoms with van der Waals surface area (Å²) >= 11 is 5.95. The van der Waals surface area contributed by atoms with Gasteiger partial charge in [-0.2, -0.15) is 0 Å². The predicted octanol–water partition coefficient (Wildman–Crippen LogP) is 6.10. The molecule has 166 valence electrons. The second-order valence-electron chi connectivity index (χ2n) is 9.32. The fraction of sp³-hybridized carbons (Fsp3) is 0.407. The van der Waals surface area contributed by atoms with E-state index in [1.54, 1.807) is 0 Å². The topological polar surface area (TPSA) is 33.1 Å². The molecular formula is C27H32N4S. The first-order valence-electron chi connectivity index (χ1n) is 11.8. The minimum atomic E-state index is 0.0533. The molecule has 2 fully saturated rings. The average Bonchev–Trinajstić information content (AvgIpc) is 3.31. The van der Waals surface area contributed by atoms with E-state index in [1.165, 1.54) is 60.3 Å². The minimum absolute atomic E-state index is 0.0533. The van der Waals surface area contributed by atoms with Gasteiger partial charge < -0.3 is 14.8 Å². The van der Waals surface area contributed by atoms with Crippen LogP contribution in [-0.4, -0.2) is 25.6 Å². The van der Waals surface area contributed by atoms with E-state index < -0.39 is 0 Å². The number of aromatic nitrogens is 2. The molecule has 0 bridgehead atoms. The largest absolute Gasteiger partial charge is 0.352 e. The van der Waals surface area contributed by atoms with Gasteiger partial charge >= 0.3 is 0 Å². The molecule has 1 saturated carbocycles. The molecule has 3 heterocycles. The molecule has 4 nitrogen and oxygen atoms in total. The Labute approximate surface area is 196 Å². The van der Waals surface area contributed by atoms with E-state index in [4.69, 9.17) is 17.2 Å². The first kappa shape index (κ1) is 21.2. The molecule has 5 heteroatoms. The molecule has 0 spiro atoms. The lowest BCUT2D eigenvalue weighted by atomic mass is 9.90. The third-order valence-corrected chi connectivity index (χ3v) is 7.51. The SMILES string of the molecule is Cc1ccc(-n2c(C)cc([C@H]3[C@@H](c4ccccn4)NC(=S)N3C3CCCCC3)c2C)cc1. The van der Waals surface area contributed by atoms with Crippen LogP contribution in [0.2, 0.25) is 0 Å². The highest BCUT2D eigenvalue weighted by atomic mass is 32.1. The quantitative estimate of drug-likeness (QED) is 0.493. The molecule has 0 radical (unpaired) electrons. The van der Waals surface area contributed by atoms with Crippen molar-refractivity contribution >= 4 is 17.3 Å². The van der Waals surface area contributed by atoms with E-state index in [-0.39, 0.29) is 12.1 Å². The summed E-state index contributed by atoms with van der Waals surface area (Å²) in [6.07, 6.45) is 8.21. The van der Waals surface area contributed by atoms with E-state index >= 15 is 0 Å². The van der Waals surface area contributed by atoms with E-state index in [0.29, 0.717) is 6.04 Å². The Hall–Kier alpha value is -2.66. The van der Waals surface area contributed by atoms with Gasteiger partial charge in [-0.05, 0) is 81.7 Å². The second-order valence-corrected chi connectivity index (χ2v) is 9.71. The van der Waals surface area contributed by atoms with Crippen LogP contribution in [0.5, 0.6) is 0 Å². The maximum atomic E-state index is 5.95. The van der Waals surface area contributed by atoms with Crippen LogP contribution in [0.15, 0.2) is 54.7 Å². The van der Waals surface area contributed by atoms with Crippen molar-refractivity contribution in [3.63, 3.8) is 0 Å². The van der Waals surface area contributed by atoms with Crippen molar-refractivity contribution in [2.45, 2.75) is 71.0 Å². The maximum absolute atomic E-state index is 5.95. The number of hydrogen-bond acceptors (Lipinski definition) is 2. The van der Waals surface area contributed by atoms with Gasteiger partial charge in [0.2, 0.25) is 0 Å². The van der Waals surface area contributed by atoms with E-state index in [9.17, 15) is 0 Å². The molecule has 1 aromatic carbocycles. The number of thiocarbonyl (C=S) groups is 1. The van der Waals surface area contributed by atoms with Crippen LogP contribution in [0, 0.1) is 20.8 Å². The second kappa shape index (κ2) is 8.70. The summed E-state index contributed by atoms with van der Waals surface area (Å²) in [7, 11) is 0. The molecule has 0 amide bonds. The number of nitrogens with zero attached hydrogens (tertiary/aromatic N) is 3. The van der Waals surface area contributed by atoms with Crippen molar-refractivity contribution in [1.82, 2.24) is 19.8 Å². The summed E-state index contributed by atoms with van der Waals surface area (Å²) in [5, 5.41) is 4.53. The van der Waals surface area contributed by atoms with Crippen molar-refractivity contribution in [2.75, 3.05) is 0 Å². The normalized spacial score (nSPS) is 21.7. The van der Waals surface area contributed by atoms with Crippen LogP contribution >= 0.6 is 12.2 Å². The van der Waals surface area contributed by atoms with Crippen molar-refractivity contribution in [3.05, 3.63) is 82.9 Å². The van der Waals surface area contributed by atoms with Crippen LogP contribution in [0.4, 0.5) is 0 Å². The first-order valence-corrected chi connectivity index (χ1v) is 12.2. The zero-order chi connectivity index (χ0) is 22.2. The summed E-state index contributed by atoms with van der Waals surface area (Å²) < 4.78 is 2.38. The van der Waals surface area contributed by atoms with Crippen LogP contribution in [0.3, 0.4) is 0 Å². The Morgan fingerprint density at radius 3 is 2.41 bits per heavy atom. The van der Waals surface area contributed by atoms with E-state index in [0.717, 1.165) is 10.8 Å². The van der Waals surface area contributed by atoms with Gasteiger partial charge in [0, 0.05) is 29.3 Å². The molecule has 3 aromatic rings. The molecule has 2 atom stereocenters. The van der Waals surface area contributed by atoms with Gasteiger partial charge in [-0.3, -0.25) is 4.98 Å². The highest BCUT2D eigenvalue weighted by Gasteiger charge is 2.44. The Kier molecular flexibility index (Phi) is 5.76. The number of rotatable bonds is 4. The molecule has 1 N–H and O–H groups in total. The fourth-order valence-electron chi connectivity index (χ4n) is 5.63. The standard InChI is InChI=1S/C27H32N4S/c1-18-12-14-22(15-13-18)30-19(2)17-23(20(30)3)26-25(24-11-7-8-16-28-24)29-27(32)31(26)21-9-5-4-6-10-21/h7-8,11-17,21,25-26H,4-6,9-10H2,1-3H3,(H,29,32)/t25-,26+/m1/s1. The highest BCUT2D eigenvalue weighted by Crippen LogP contribution is 2.44. The number of pyridine rings is 1. The van der Waals surface area contributed by atoms with E-state index in [2.05, 4.69) is 78.0 Å². The molecule has 32 heavy (non-hydrogen) atoms. The van der Waals surface area contributed by atoms with Crippen molar-refractivity contribution < 1.29 is 0 Å². The minimum Gasteiger partial charge on any atom is -0.352 e. The predicted molar refractivity (Wildman–Crippen MR) is 134 cm³/mol. The Morgan fingerprint density at radius 2 is 1.72 bits per heavy atom. The van der Waals surface area contributed by atoms with Gasteiger partial charge in [-0.15, -0.1) is 0 Å². The molecular weight excluding hydrogens is 412 g/mol. The Balaban J connectivity index is 1.62. The van der Waals surface area contributed by atoms with Gasteiger partial charge in [0.1, 0.15) is 0 Å². The van der Waals surface area contributed by atoms with Gasteiger partial charge in [-0.25, -0.2) is 0 Å². The maximum Gasteiger partial charge on any atom is 0.170 e. The lowest BCUT2D eigenvalue weighted by molar-refractivity contribution is 0.197. The molecule has 1 saturated heterocycles.